The lowest BCUT2D eigenvalue weighted by Crippen LogP contribution is -2.38. The van der Waals surface area contributed by atoms with Gasteiger partial charge in [0.1, 0.15) is 0 Å². The summed E-state index contributed by atoms with van der Waals surface area (Å²) in [6.07, 6.45) is 5.13. The van der Waals surface area contributed by atoms with Gasteiger partial charge in [-0.3, -0.25) is 4.99 Å². The molecular formula is C16H33N3O. The lowest BCUT2D eigenvalue weighted by Gasteiger charge is -2.22. The molecule has 118 valence electrons. The van der Waals surface area contributed by atoms with Gasteiger partial charge in [0, 0.05) is 25.6 Å². The molecule has 20 heavy (non-hydrogen) atoms. The second-order valence-electron chi connectivity index (χ2n) is 6.24. The average Bonchev–Trinajstić information content (AvgIpc) is 2.92. The van der Waals surface area contributed by atoms with Crippen molar-refractivity contribution in [3.63, 3.8) is 0 Å². The molecule has 1 aliphatic heterocycles. The second-order valence-corrected chi connectivity index (χ2v) is 6.24. The highest BCUT2D eigenvalue weighted by molar-refractivity contribution is 5.83. The third-order valence-corrected chi connectivity index (χ3v) is 3.70. The summed E-state index contributed by atoms with van der Waals surface area (Å²) in [4.78, 5) is 4.41. The highest BCUT2D eigenvalue weighted by atomic mass is 16.5. The molecule has 0 aliphatic carbocycles. The monoisotopic (exact) mass is 283 g/mol. The number of unbranched alkanes of at least 4 members (excludes halogenated alkanes) is 2. The minimum absolute atomic E-state index is 0.287. The minimum atomic E-state index is 0.287. The predicted octanol–water partition coefficient (Wildman–Crippen LogP) is 2.59. The van der Waals surface area contributed by atoms with E-state index < -0.39 is 0 Å². The third-order valence-electron chi connectivity index (χ3n) is 3.70. The van der Waals surface area contributed by atoms with Crippen molar-refractivity contribution < 1.29 is 4.74 Å². The van der Waals surface area contributed by atoms with Crippen molar-refractivity contribution in [2.75, 3.05) is 26.2 Å². The van der Waals surface area contributed by atoms with Gasteiger partial charge in [-0.2, -0.15) is 0 Å². The first-order valence-corrected chi connectivity index (χ1v) is 8.21. The van der Waals surface area contributed by atoms with Gasteiger partial charge < -0.3 is 15.4 Å². The molecule has 1 aliphatic rings. The maximum atomic E-state index is 5.82. The highest BCUT2D eigenvalue weighted by Gasteiger charge is 2.12. The molecule has 0 bridgehead atoms. The van der Waals surface area contributed by atoms with E-state index >= 15 is 0 Å². The van der Waals surface area contributed by atoms with Gasteiger partial charge >= 0.3 is 0 Å². The van der Waals surface area contributed by atoms with Gasteiger partial charge in [-0.1, -0.05) is 20.3 Å². The van der Waals surface area contributed by atoms with Crippen LogP contribution < -0.4 is 10.6 Å². The Morgan fingerprint density at radius 1 is 1.20 bits per heavy atom. The smallest absolute Gasteiger partial charge is 0.0964 e. The van der Waals surface area contributed by atoms with Crippen LogP contribution in [0.2, 0.25) is 0 Å². The molecule has 0 saturated carbocycles. The van der Waals surface area contributed by atoms with Gasteiger partial charge in [0.15, 0.2) is 0 Å². The Labute approximate surface area is 124 Å². The Hall–Kier alpha value is -0.610. The number of ether oxygens (including phenoxy) is 1. The minimum Gasteiger partial charge on any atom is -0.377 e. The summed E-state index contributed by atoms with van der Waals surface area (Å²) >= 11 is 0. The van der Waals surface area contributed by atoms with Crippen molar-refractivity contribution in [1.82, 2.24) is 10.6 Å². The summed E-state index contributed by atoms with van der Waals surface area (Å²) in [6, 6.07) is 0.426. The standard InChI is InChI=1S/C16H33N3O/c1-13(2)12-20-15(4)14(3)17-9-7-5-6-8-16-18-10-11-19-16/h13-15,17H,5-12H2,1-4H3,(H,18,19). The van der Waals surface area contributed by atoms with E-state index in [0.717, 1.165) is 32.7 Å². The second kappa shape index (κ2) is 10.2. The lowest BCUT2D eigenvalue weighted by atomic mass is 10.1. The fraction of sp³-hybridized carbons (Fsp3) is 0.938. The van der Waals surface area contributed by atoms with Crippen LogP contribution in [-0.2, 0) is 4.74 Å². The molecule has 2 N–H and O–H groups in total. The van der Waals surface area contributed by atoms with E-state index in [-0.39, 0.29) is 6.10 Å². The number of amidine groups is 1. The fourth-order valence-corrected chi connectivity index (χ4v) is 2.19. The molecule has 0 aromatic rings. The third kappa shape index (κ3) is 7.85. The maximum absolute atomic E-state index is 5.82. The molecule has 1 heterocycles. The highest BCUT2D eigenvalue weighted by Crippen LogP contribution is 2.04. The van der Waals surface area contributed by atoms with Crippen LogP contribution in [0.25, 0.3) is 0 Å². The van der Waals surface area contributed by atoms with E-state index in [0.29, 0.717) is 12.0 Å². The molecule has 2 atom stereocenters. The maximum Gasteiger partial charge on any atom is 0.0964 e. The summed E-state index contributed by atoms with van der Waals surface area (Å²) in [6.45, 7) is 12.7. The van der Waals surface area contributed by atoms with Gasteiger partial charge in [-0.15, -0.1) is 0 Å². The van der Waals surface area contributed by atoms with E-state index in [9.17, 15) is 0 Å². The molecule has 1 rings (SSSR count). The number of nitrogens with one attached hydrogen (secondary N) is 2. The summed E-state index contributed by atoms with van der Waals surface area (Å²) in [5.41, 5.74) is 0. The zero-order valence-electron chi connectivity index (χ0n) is 13.7. The van der Waals surface area contributed by atoms with Gasteiger partial charge in [-0.05, 0) is 39.2 Å². The normalized spacial score (nSPS) is 17.9. The van der Waals surface area contributed by atoms with Crippen molar-refractivity contribution in [3.8, 4) is 0 Å². The Kier molecular flexibility index (Phi) is 8.86. The fourth-order valence-electron chi connectivity index (χ4n) is 2.19. The van der Waals surface area contributed by atoms with Gasteiger partial charge in [0.05, 0.1) is 18.5 Å². The molecule has 0 amide bonds. The molecule has 0 aromatic carbocycles. The Morgan fingerprint density at radius 2 is 2.00 bits per heavy atom. The first-order valence-electron chi connectivity index (χ1n) is 8.21. The Bertz CT molecular complexity index is 279. The number of hydrogen-bond acceptors (Lipinski definition) is 4. The predicted molar refractivity (Wildman–Crippen MR) is 86.5 cm³/mol. The lowest BCUT2D eigenvalue weighted by molar-refractivity contribution is 0.0273. The van der Waals surface area contributed by atoms with Crippen LogP contribution in [0.1, 0.15) is 53.4 Å². The molecule has 0 spiro atoms. The first-order chi connectivity index (χ1) is 9.59. The largest absolute Gasteiger partial charge is 0.377 e. The topological polar surface area (TPSA) is 45.6 Å². The van der Waals surface area contributed by atoms with Gasteiger partial charge in [0.2, 0.25) is 0 Å². The quantitative estimate of drug-likeness (QED) is 0.573. The van der Waals surface area contributed by atoms with Crippen LogP contribution in [0.4, 0.5) is 0 Å². The average molecular weight is 283 g/mol. The van der Waals surface area contributed by atoms with Gasteiger partial charge in [-0.25, -0.2) is 0 Å². The Balaban J connectivity index is 1.94. The molecule has 0 radical (unpaired) electrons. The van der Waals surface area contributed by atoms with Crippen LogP contribution in [0.3, 0.4) is 0 Å². The zero-order chi connectivity index (χ0) is 14.8. The molecular weight excluding hydrogens is 250 g/mol. The molecule has 0 fully saturated rings. The van der Waals surface area contributed by atoms with E-state index in [2.05, 4.69) is 43.3 Å². The molecule has 0 aromatic heterocycles. The van der Waals surface area contributed by atoms with E-state index in [4.69, 9.17) is 4.74 Å². The van der Waals surface area contributed by atoms with Crippen LogP contribution in [-0.4, -0.2) is 44.2 Å². The molecule has 4 heteroatoms. The summed E-state index contributed by atoms with van der Waals surface area (Å²) in [7, 11) is 0. The van der Waals surface area contributed by atoms with E-state index in [1.165, 1.54) is 25.1 Å². The number of hydrogen-bond donors (Lipinski definition) is 2. The van der Waals surface area contributed by atoms with Crippen molar-refractivity contribution in [3.05, 3.63) is 0 Å². The van der Waals surface area contributed by atoms with Crippen LogP contribution in [0.15, 0.2) is 4.99 Å². The summed E-state index contributed by atoms with van der Waals surface area (Å²) < 4.78 is 5.82. The number of aliphatic imine (C=N–C) groups is 1. The molecule has 2 unspecified atom stereocenters. The number of nitrogens with zero attached hydrogens (tertiary/aromatic N) is 1. The zero-order valence-corrected chi connectivity index (χ0v) is 13.7. The Morgan fingerprint density at radius 3 is 2.65 bits per heavy atom. The van der Waals surface area contributed by atoms with E-state index in [1.807, 2.05) is 0 Å². The van der Waals surface area contributed by atoms with E-state index in [1.54, 1.807) is 0 Å². The van der Waals surface area contributed by atoms with Crippen molar-refractivity contribution >= 4 is 5.84 Å². The van der Waals surface area contributed by atoms with Crippen LogP contribution in [0.5, 0.6) is 0 Å². The first kappa shape index (κ1) is 17.4. The van der Waals surface area contributed by atoms with Crippen LogP contribution >= 0.6 is 0 Å². The van der Waals surface area contributed by atoms with Crippen LogP contribution in [0, 0.1) is 5.92 Å². The summed E-state index contributed by atoms with van der Waals surface area (Å²) in [5, 5.41) is 6.89. The van der Waals surface area contributed by atoms with Crippen molar-refractivity contribution in [2.24, 2.45) is 10.9 Å². The van der Waals surface area contributed by atoms with Crippen molar-refractivity contribution in [1.29, 1.82) is 0 Å². The summed E-state index contributed by atoms with van der Waals surface area (Å²) in [5.74, 6) is 1.82. The molecule has 4 nitrogen and oxygen atoms in total. The van der Waals surface area contributed by atoms with Crippen molar-refractivity contribution in [2.45, 2.75) is 65.5 Å². The SMILES string of the molecule is CC(C)COC(C)C(C)NCCCCCC1=NCCN1. The number of rotatable bonds is 11. The molecule has 0 saturated heterocycles. The van der Waals surface area contributed by atoms with Gasteiger partial charge in [0.25, 0.3) is 0 Å².